The highest BCUT2D eigenvalue weighted by molar-refractivity contribution is 5.87. The highest BCUT2D eigenvalue weighted by atomic mass is 16.4. The maximum absolute atomic E-state index is 10.2. The van der Waals surface area contributed by atoms with Gasteiger partial charge in [0.05, 0.1) is 17.2 Å². The first kappa shape index (κ1) is 32.3. The van der Waals surface area contributed by atoms with Gasteiger partial charge in [-0.2, -0.15) is 0 Å². The first-order chi connectivity index (χ1) is 16.8. The van der Waals surface area contributed by atoms with Gasteiger partial charge in [-0.3, -0.25) is 0 Å². The van der Waals surface area contributed by atoms with Crippen molar-refractivity contribution in [1.82, 2.24) is 0 Å². The second kappa shape index (κ2) is 20.7. The summed E-state index contributed by atoms with van der Waals surface area (Å²) in [6.45, 7) is 6.49. The van der Waals surface area contributed by atoms with Crippen LogP contribution in [-0.2, 0) is 0 Å². The molecule has 0 aliphatic carbocycles. The van der Waals surface area contributed by atoms with Crippen molar-refractivity contribution < 1.29 is 30.0 Å². The van der Waals surface area contributed by atoms with Crippen LogP contribution in [-0.4, -0.2) is 45.1 Å². The smallest absolute Gasteiger partial charge is 0.335 e. The minimum absolute atomic E-state index is 0.228. The number of benzene rings is 2. The van der Waals surface area contributed by atoms with E-state index < -0.39 is 11.9 Å². The van der Waals surface area contributed by atoms with Gasteiger partial charge in [-0.05, 0) is 55.9 Å². The number of carboxylic acids is 2. The summed E-state index contributed by atoms with van der Waals surface area (Å²) in [5, 5.41) is 36.1. The summed E-state index contributed by atoms with van der Waals surface area (Å²) in [5.41, 5.74) is 0.662. The molecule has 0 saturated carbocycles. The molecular formula is C29H44O6. The van der Waals surface area contributed by atoms with Gasteiger partial charge in [0.1, 0.15) is 0 Å². The highest BCUT2D eigenvalue weighted by Gasteiger charge is 2.24. The molecule has 2 rings (SSSR count). The minimum Gasteiger partial charge on any atom is -0.478 e. The molecule has 0 aliphatic rings. The number of aliphatic hydroxyl groups is 2. The molecular weight excluding hydrogens is 444 g/mol. The zero-order valence-corrected chi connectivity index (χ0v) is 21.5. The van der Waals surface area contributed by atoms with Crippen LogP contribution in [0, 0.1) is 11.8 Å². The van der Waals surface area contributed by atoms with E-state index in [0.29, 0.717) is 17.0 Å². The topological polar surface area (TPSA) is 115 Å². The van der Waals surface area contributed by atoms with Gasteiger partial charge < -0.3 is 20.4 Å². The van der Waals surface area contributed by atoms with Gasteiger partial charge >= 0.3 is 11.9 Å². The Morgan fingerprint density at radius 2 is 1.11 bits per heavy atom. The molecule has 6 nitrogen and oxygen atoms in total. The fourth-order valence-electron chi connectivity index (χ4n) is 3.76. The Labute approximate surface area is 210 Å². The third kappa shape index (κ3) is 15.8. The van der Waals surface area contributed by atoms with Gasteiger partial charge in [-0.15, -0.1) is 0 Å². The molecule has 3 atom stereocenters. The van der Waals surface area contributed by atoms with Crippen LogP contribution in [0.4, 0.5) is 0 Å². The van der Waals surface area contributed by atoms with Crippen molar-refractivity contribution in [3.05, 3.63) is 71.8 Å². The lowest BCUT2D eigenvalue weighted by Gasteiger charge is -2.28. The molecule has 0 heterocycles. The quantitative estimate of drug-likeness (QED) is 0.239. The molecule has 196 valence electrons. The van der Waals surface area contributed by atoms with E-state index in [1.54, 1.807) is 60.7 Å². The number of hydrogen-bond acceptors (Lipinski definition) is 4. The second-order valence-corrected chi connectivity index (χ2v) is 8.68. The molecule has 0 aliphatic heterocycles. The summed E-state index contributed by atoms with van der Waals surface area (Å²) in [6, 6.07) is 16.6. The lowest BCUT2D eigenvalue weighted by atomic mass is 9.81. The van der Waals surface area contributed by atoms with Crippen molar-refractivity contribution >= 4 is 11.9 Å². The Hall–Kier alpha value is -2.70. The number of carboxylic acid groups (broad SMARTS) is 2. The van der Waals surface area contributed by atoms with E-state index in [2.05, 4.69) is 13.8 Å². The van der Waals surface area contributed by atoms with Crippen LogP contribution < -0.4 is 0 Å². The fourth-order valence-corrected chi connectivity index (χ4v) is 3.76. The number of carbonyl (C=O) groups is 2. The Morgan fingerprint density at radius 3 is 1.40 bits per heavy atom. The fraction of sp³-hybridized carbons (Fsp3) is 0.517. The summed E-state index contributed by atoms with van der Waals surface area (Å²) in [7, 11) is 0. The normalized spacial score (nSPS) is 12.7. The Bertz CT molecular complexity index is 727. The van der Waals surface area contributed by atoms with E-state index >= 15 is 0 Å². The molecule has 4 N–H and O–H groups in total. The van der Waals surface area contributed by atoms with Gasteiger partial charge in [0.25, 0.3) is 0 Å². The molecule has 6 heteroatoms. The summed E-state index contributed by atoms with van der Waals surface area (Å²) in [4.78, 5) is 20.4. The van der Waals surface area contributed by atoms with E-state index in [9.17, 15) is 19.8 Å². The number of aliphatic hydroxyl groups excluding tert-OH is 2. The zero-order chi connectivity index (χ0) is 26.5. The Morgan fingerprint density at radius 1 is 0.714 bits per heavy atom. The summed E-state index contributed by atoms with van der Waals surface area (Å²) < 4.78 is 0. The van der Waals surface area contributed by atoms with Crippen molar-refractivity contribution in [3.63, 3.8) is 0 Å². The lowest BCUT2D eigenvalue weighted by Crippen LogP contribution is -2.28. The van der Waals surface area contributed by atoms with E-state index in [1.807, 2.05) is 6.92 Å². The van der Waals surface area contributed by atoms with Crippen molar-refractivity contribution in [2.45, 2.75) is 78.2 Å². The predicted molar refractivity (Wildman–Crippen MR) is 141 cm³/mol. The Balaban J connectivity index is 0.000000538. The van der Waals surface area contributed by atoms with E-state index in [1.165, 1.54) is 38.5 Å². The van der Waals surface area contributed by atoms with Crippen molar-refractivity contribution in [2.24, 2.45) is 11.8 Å². The number of hydrogen-bond donors (Lipinski definition) is 4. The maximum atomic E-state index is 10.2. The van der Waals surface area contributed by atoms with Gasteiger partial charge in [0.2, 0.25) is 0 Å². The van der Waals surface area contributed by atoms with Crippen molar-refractivity contribution in [2.75, 3.05) is 6.61 Å². The molecule has 0 spiro atoms. The highest BCUT2D eigenvalue weighted by Crippen LogP contribution is 2.27. The lowest BCUT2D eigenvalue weighted by molar-refractivity contribution is 0.0484. The average molecular weight is 489 g/mol. The van der Waals surface area contributed by atoms with Crippen LogP contribution in [0.1, 0.15) is 92.9 Å². The van der Waals surface area contributed by atoms with Crippen LogP contribution >= 0.6 is 0 Å². The molecule has 2 aromatic carbocycles. The summed E-state index contributed by atoms with van der Waals surface area (Å²) in [6.07, 6.45) is 9.09. The first-order valence-corrected chi connectivity index (χ1v) is 12.6. The van der Waals surface area contributed by atoms with Gasteiger partial charge in [0.15, 0.2) is 0 Å². The molecule has 2 aromatic rings. The molecule has 0 saturated heterocycles. The second-order valence-electron chi connectivity index (χ2n) is 8.68. The third-order valence-electron chi connectivity index (χ3n) is 5.82. The van der Waals surface area contributed by atoms with Gasteiger partial charge in [0, 0.05) is 6.61 Å². The van der Waals surface area contributed by atoms with E-state index in [-0.39, 0.29) is 18.6 Å². The van der Waals surface area contributed by atoms with Crippen molar-refractivity contribution in [1.29, 1.82) is 0 Å². The SMILES string of the molecule is CCCCCC(CO)C(CCCCC)C(C)O.O=C(O)c1ccccc1.O=C(O)c1ccccc1. The number of unbranched alkanes of at least 4 members (excludes halogenated alkanes) is 4. The first-order valence-electron chi connectivity index (χ1n) is 12.6. The largest absolute Gasteiger partial charge is 0.478 e. The van der Waals surface area contributed by atoms with Gasteiger partial charge in [-0.25, -0.2) is 9.59 Å². The van der Waals surface area contributed by atoms with Crippen molar-refractivity contribution in [3.8, 4) is 0 Å². The predicted octanol–water partition coefficient (Wildman–Crippen LogP) is 6.52. The molecule has 0 radical (unpaired) electrons. The van der Waals surface area contributed by atoms with Crippen LogP contribution in [0.2, 0.25) is 0 Å². The zero-order valence-electron chi connectivity index (χ0n) is 21.5. The minimum atomic E-state index is -0.879. The van der Waals surface area contributed by atoms with Gasteiger partial charge in [-0.1, -0.05) is 88.8 Å². The van der Waals surface area contributed by atoms with E-state index in [0.717, 1.165) is 12.8 Å². The maximum Gasteiger partial charge on any atom is 0.335 e. The standard InChI is InChI=1S/C15H32O2.2C7H6O2/c1-4-6-8-10-14(12-16)15(13(3)17)11-9-7-5-2;2*8-7(9)6-4-2-1-3-5-6/h13-17H,4-12H2,1-3H3;2*1-5H,(H,8,9). The van der Waals surface area contributed by atoms with Crippen LogP contribution in [0.25, 0.3) is 0 Å². The summed E-state index contributed by atoms with van der Waals surface area (Å²) in [5.74, 6) is -1.19. The number of rotatable bonds is 13. The monoisotopic (exact) mass is 488 g/mol. The van der Waals surface area contributed by atoms with E-state index in [4.69, 9.17) is 10.2 Å². The molecule has 0 aromatic heterocycles. The third-order valence-corrected chi connectivity index (χ3v) is 5.82. The molecule has 0 bridgehead atoms. The molecule has 0 amide bonds. The number of aromatic carboxylic acids is 2. The molecule has 0 fully saturated rings. The molecule has 3 unspecified atom stereocenters. The van der Waals surface area contributed by atoms with Crippen LogP contribution in [0.5, 0.6) is 0 Å². The average Bonchev–Trinajstić information content (AvgIpc) is 2.87. The van der Waals surface area contributed by atoms with Crippen LogP contribution in [0.15, 0.2) is 60.7 Å². The van der Waals surface area contributed by atoms with Crippen LogP contribution in [0.3, 0.4) is 0 Å². The Kier molecular flexibility index (Phi) is 19.1. The molecule has 35 heavy (non-hydrogen) atoms. The summed E-state index contributed by atoms with van der Waals surface area (Å²) >= 11 is 0.